The molecule has 7 nitrogen and oxygen atoms in total. The van der Waals surface area contributed by atoms with Crippen LogP contribution in [0.4, 0.5) is 4.79 Å². The van der Waals surface area contributed by atoms with Gasteiger partial charge in [-0.15, -0.1) is 0 Å². The lowest BCUT2D eigenvalue weighted by atomic mass is 9.93. The van der Waals surface area contributed by atoms with Gasteiger partial charge in [-0.2, -0.15) is 0 Å². The Morgan fingerprint density at radius 1 is 1.04 bits per heavy atom. The second-order valence-corrected chi connectivity index (χ2v) is 7.78. The standard InChI is InChI=1S/C20H29N5O2/c26-19(25-13-8-22-15-18(25)17-4-3-7-21-14-17)16-5-11-24(12-6-16)20(27)23-9-1-2-10-23/h3-4,7,14,16,18,22H,1-2,5-6,8-13,15H2. The number of piperazine rings is 1. The molecular weight excluding hydrogens is 342 g/mol. The van der Waals surface area contributed by atoms with Crippen molar-refractivity contribution < 1.29 is 9.59 Å². The van der Waals surface area contributed by atoms with Crippen LogP contribution in [0.25, 0.3) is 0 Å². The Balaban J connectivity index is 1.37. The van der Waals surface area contributed by atoms with Crippen molar-refractivity contribution in [1.82, 2.24) is 25.0 Å². The van der Waals surface area contributed by atoms with E-state index in [0.29, 0.717) is 13.1 Å². The number of carbonyl (C=O) groups is 2. The normalized spacial score (nSPS) is 24.3. The number of nitrogens with one attached hydrogen (secondary N) is 1. The third-order valence-electron chi connectivity index (χ3n) is 6.09. The molecule has 0 spiro atoms. The van der Waals surface area contributed by atoms with Crippen LogP contribution in [0.5, 0.6) is 0 Å². The van der Waals surface area contributed by atoms with Crippen molar-refractivity contribution in [3.05, 3.63) is 30.1 Å². The van der Waals surface area contributed by atoms with E-state index in [4.69, 9.17) is 0 Å². The van der Waals surface area contributed by atoms with Gasteiger partial charge in [0.1, 0.15) is 0 Å². The lowest BCUT2D eigenvalue weighted by molar-refractivity contribution is -0.140. The highest BCUT2D eigenvalue weighted by molar-refractivity contribution is 5.80. The topological polar surface area (TPSA) is 68.8 Å². The lowest BCUT2D eigenvalue weighted by Gasteiger charge is -2.40. The number of hydrogen-bond donors (Lipinski definition) is 1. The average molecular weight is 371 g/mol. The van der Waals surface area contributed by atoms with E-state index in [2.05, 4.69) is 10.3 Å². The number of carbonyl (C=O) groups excluding carboxylic acids is 2. The van der Waals surface area contributed by atoms with E-state index in [-0.39, 0.29) is 23.9 Å². The highest BCUT2D eigenvalue weighted by atomic mass is 16.2. The maximum absolute atomic E-state index is 13.2. The summed E-state index contributed by atoms with van der Waals surface area (Å²) in [6.07, 6.45) is 7.37. The van der Waals surface area contributed by atoms with Gasteiger partial charge >= 0.3 is 6.03 Å². The molecule has 1 N–H and O–H groups in total. The second kappa shape index (κ2) is 8.25. The first-order chi connectivity index (χ1) is 13.2. The fraction of sp³-hybridized carbons (Fsp3) is 0.650. The molecule has 1 aromatic rings. The smallest absolute Gasteiger partial charge is 0.319 e. The molecule has 4 rings (SSSR count). The van der Waals surface area contributed by atoms with Gasteiger partial charge in [0.2, 0.25) is 5.91 Å². The highest BCUT2D eigenvalue weighted by Gasteiger charge is 2.35. The van der Waals surface area contributed by atoms with Crippen LogP contribution in [0.2, 0.25) is 0 Å². The molecule has 3 amide bonds. The maximum Gasteiger partial charge on any atom is 0.319 e. The minimum Gasteiger partial charge on any atom is -0.333 e. The summed E-state index contributed by atoms with van der Waals surface area (Å²) in [6.45, 7) is 5.46. The molecule has 7 heteroatoms. The Kier molecular flexibility index (Phi) is 5.57. The molecule has 1 aromatic heterocycles. The van der Waals surface area contributed by atoms with Crippen LogP contribution in [0.1, 0.15) is 37.3 Å². The molecule has 27 heavy (non-hydrogen) atoms. The fourth-order valence-corrected chi connectivity index (χ4v) is 4.50. The van der Waals surface area contributed by atoms with Gasteiger partial charge in [-0.25, -0.2) is 4.79 Å². The van der Waals surface area contributed by atoms with Crippen LogP contribution >= 0.6 is 0 Å². The van der Waals surface area contributed by atoms with Gasteiger partial charge in [0.05, 0.1) is 6.04 Å². The molecule has 0 radical (unpaired) electrons. The second-order valence-electron chi connectivity index (χ2n) is 7.78. The Labute approximate surface area is 160 Å². The van der Waals surface area contributed by atoms with E-state index in [1.807, 2.05) is 33.0 Å². The van der Waals surface area contributed by atoms with Gasteiger partial charge in [0.15, 0.2) is 0 Å². The van der Waals surface area contributed by atoms with E-state index in [9.17, 15) is 9.59 Å². The minimum absolute atomic E-state index is 0.0184. The van der Waals surface area contributed by atoms with Gasteiger partial charge in [-0.05, 0) is 37.3 Å². The molecule has 146 valence electrons. The van der Waals surface area contributed by atoms with E-state index in [1.54, 1.807) is 6.20 Å². The summed E-state index contributed by atoms with van der Waals surface area (Å²) in [6, 6.07) is 4.18. The van der Waals surface area contributed by atoms with Crippen molar-refractivity contribution in [2.24, 2.45) is 5.92 Å². The first-order valence-corrected chi connectivity index (χ1v) is 10.2. The van der Waals surface area contributed by atoms with E-state index < -0.39 is 0 Å². The van der Waals surface area contributed by atoms with Crippen LogP contribution < -0.4 is 5.32 Å². The van der Waals surface area contributed by atoms with Crippen molar-refractivity contribution >= 4 is 11.9 Å². The zero-order valence-electron chi connectivity index (χ0n) is 15.8. The number of likely N-dealkylation sites (tertiary alicyclic amines) is 2. The predicted molar refractivity (Wildman–Crippen MR) is 102 cm³/mol. The third-order valence-corrected chi connectivity index (χ3v) is 6.09. The SMILES string of the molecule is O=C(N1CCCC1)N1CCC(C(=O)N2CCNCC2c2cccnc2)CC1. The molecule has 0 aromatic carbocycles. The van der Waals surface area contributed by atoms with Crippen molar-refractivity contribution in [3.63, 3.8) is 0 Å². The molecule has 3 aliphatic rings. The van der Waals surface area contributed by atoms with Crippen LogP contribution in [-0.4, -0.2) is 77.4 Å². The maximum atomic E-state index is 13.2. The van der Waals surface area contributed by atoms with Gasteiger partial charge in [-0.1, -0.05) is 6.07 Å². The Bertz CT molecular complexity index is 654. The zero-order valence-corrected chi connectivity index (χ0v) is 15.8. The molecule has 1 atom stereocenters. The average Bonchev–Trinajstić information content (AvgIpc) is 3.28. The predicted octanol–water partition coefficient (Wildman–Crippen LogP) is 1.48. The van der Waals surface area contributed by atoms with Crippen LogP contribution in [0, 0.1) is 5.92 Å². The summed E-state index contributed by atoms with van der Waals surface area (Å²) >= 11 is 0. The number of amides is 3. The van der Waals surface area contributed by atoms with Gasteiger partial charge in [-0.3, -0.25) is 9.78 Å². The van der Waals surface area contributed by atoms with Crippen LogP contribution in [-0.2, 0) is 4.79 Å². The fourth-order valence-electron chi connectivity index (χ4n) is 4.50. The van der Waals surface area contributed by atoms with Crippen molar-refractivity contribution in [2.75, 3.05) is 45.8 Å². The molecule has 0 bridgehead atoms. The molecule has 3 aliphatic heterocycles. The van der Waals surface area contributed by atoms with Gasteiger partial charge in [0, 0.05) is 64.1 Å². The number of aromatic nitrogens is 1. The van der Waals surface area contributed by atoms with Gasteiger partial charge < -0.3 is 20.0 Å². The summed E-state index contributed by atoms with van der Waals surface area (Å²) in [5.74, 6) is 0.253. The lowest BCUT2D eigenvalue weighted by Crippen LogP contribution is -2.53. The quantitative estimate of drug-likeness (QED) is 0.855. The van der Waals surface area contributed by atoms with Crippen molar-refractivity contribution in [1.29, 1.82) is 0 Å². The number of nitrogens with zero attached hydrogens (tertiary/aromatic N) is 4. The summed E-state index contributed by atoms with van der Waals surface area (Å²) in [7, 11) is 0. The number of urea groups is 1. The molecular formula is C20H29N5O2. The first kappa shape index (κ1) is 18.2. The Morgan fingerprint density at radius 2 is 1.78 bits per heavy atom. The third kappa shape index (κ3) is 3.93. The summed E-state index contributed by atoms with van der Waals surface area (Å²) in [5.41, 5.74) is 1.08. The molecule has 0 aliphatic carbocycles. The number of piperidine rings is 1. The van der Waals surface area contributed by atoms with E-state index in [0.717, 1.165) is 64.0 Å². The summed E-state index contributed by atoms with van der Waals surface area (Å²) in [5, 5.41) is 3.39. The largest absolute Gasteiger partial charge is 0.333 e. The minimum atomic E-state index is 0.0184. The molecule has 3 fully saturated rings. The number of pyridine rings is 1. The molecule has 1 unspecified atom stereocenters. The van der Waals surface area contributed by atoms with Crippen LogP contribution in [0.15, 0.2) is 24.5 Å². The van der Waals surface area contributed by atoms with Gasteiger partial charge in [0.25, 0.3) is 0 Å². The number of rotatable bonds is 2. The van der Waals surface area contributed by atoms with E-state index in [1.165, 1.54) is 0 Å². The zero-order chi connectivity index (χ0) is 18.6. The van der Waals surface area contributed by atoms with Crippen LogP contribution in [0.3, 0.4) is 0 Å². The molecule has 4 heterocycles. The summed E-state index contributed by atoms with van der Waals surface area (Å²) in [4.78, 5) is 35.9. The number of hydrogen-bond acceptors (Lipinski definition) is 4. The van der Waals surface area contributed by atoms with Crippen molar-refractivity contribution in [2.45, 2.75) is 31.7 Å². The van der Waals surface area contributed by atoms with Crippen molar-refractivity contribution in [3.8, 4) is 0 Å². The summed E-state index contributed by atoms with van der Waals surface area (Å²) < 4.78 is 0. The van der Waals surface area contributed by atoms with E-state index >= 15 is 0 Å². The molecule has 3 saturated heterocycles. The Morgan fingerprint density at radius 3 is 2.48 bits per heavy atom. The highest BCUT2D eigenvalue weighted by Crippen LogP contribution is 2.27. The monoisotopic (exact) mass is 371 g/mol. The Hall–Kier alpha value is -2.15. The molecule has 0 saturated carbocycles. The first-order valence-electron chi connectivity index (χ1n) is 10.2.